The lowest BCUT2D eigenvalue weighted by Gasteiger charge is -2.13. The maximum Gasteiger partial charge on any atom is 0.296 e. The highest BCUT2D eigenvalue weighted by atomic mass is 32.2. The summed E-state index contributed by atoms with van der Waals surface area (Å²) in [4.78, 5) is -3.54. The number of benzene rings is 8. The molecule has 0 fully saturated rings. The number of ether oxygens (including phenoxy) is 1. The molecule has 8 aromatic rings. The van der Waals surface area contributed by atoms with Gasteiger partial charge in [-0.2, -0.15) is 64.4 Å². The lowest BCUT2D eigenvalue weighted by atomic mass is 10.1. The van der Waals surface area contributed by atoms with Gasteiger partial charge in [0.25, 0.3) is 40.5 Å². The molecule has 0 saturated heterocycles. The van der Waals surface area contributed by atoms with Gasteiger partial charge in [0.1, 0.15) is 26.1 Å². The zero-order valence-electron chi connectivity index (χ0n) is 40.3. The Morgan fingerprint density at radius 2 is 0.948 bits per heavy atom. The molecule has 0 spiro atoms. The molecule has 0 radical (unpaired) electrons. The topological polar surface area (TPSA) is 378 Å². The zero-order chi connectivity index (χ0) is 55.8. The summed E-state index contributed by atoms with van der Waals surface area (Å²) in [5, 5.41) is 57.5. The van der Waals surface area contributed by atoms with Crippen molar-refractivity contribution in [3.63, 3.8) is 0 Å². The van der Waals surface area contributed by atoms with E-state index in [0.29, 0.717) is 68.5 Å². The molecule has 7 N–H and O–H groups in total. The van der Waals surface area contributed by atoms with Crippen molar-refractivity contribution in [2.24, 2.45) is 40.9 Å². The molecule has 0 amide bonds. The number of para-hydroxylation sites is 2. The maximum atomic E-state index is 12.6. The average molecular weight is 1120 g/mol. The molecule has 24 nitrogen and oxygen atoms in total. The standard InChI is InChI=1S/C49H41N9O15S4/c1-26-15-34(10-13-38(26)53-51-33-11-14-39(27(2)16-33)54-57-42-24-37-31(21-46(42)76(67,68)69)20-35(74(61,62)63)23-45(37)75(64,65)66)52-55-40-17-29(4)41(18-28(40)3)56-58-48-47(77(70,71)72)22-30-19-32(9-12-36(30)49(48)60)50-25-73-44-8-6-5-7-43(44)59/h5-24,50,59-60H,25H2,1-4H3,(H,61,62,63)(H,64,65,66)(H,67,68,69)(H,70,71,72). The van der Waals surface area contributed by atoms with Crippen molar-refractivity contribution in [3.05, 3.63) is 144 Å². The van der Waals surface area contributed by atoms with Crippen LogP contribution in [0.5, 0.6) is 17.2 Å². The van der Waals surface area contributed by atoms with Crippen molar-refractivity contribution in [3.8, 4) is 17.2 Å². The fourth-order valence-corrected chi connectivity index (χ4v) is 10.2. The summed E-state index contributed by atoms with van der Waals surface area (Å²) in [7, 11) is -20.2. The molecule has 0 unspecified atom stereocenters. The summed E-state index contributed by atoms with van der Waals surface area (Å²) in [6.45, 7) is 6.82. The highest BCUT2D eigenvalue weighted by Crippen LogP contribution is 2.43. The first kappa shape index (κ1) is 54.8. The van der Waals surface area contributed by atoms with Gasteiger partial charge < -0.3 is 20.3 Å². The van der Waals surface area contributed by atoms with E-state index in [1.165, 1.54) is 30.3 Å². The molecule has 0 bridgehead atoms. The van der Waals surface area contributed by atoms with E-state index in [-0.39, 0.29) is 34.7 Å². The van der Waals surface area contributed by atoms with Gasteiger partial charge in [-0.3, -0.25) is 18.2 Å². The van der Waals surface area contributed by atoms with Crippen molar-refractivity contribution >= 4 is 113 Å². The molecule has 0 aliphatic rings. The molecule has 0 aliphatic carbocycles. The van der Waals surface area contributed by atoms with E-state index in [4.69, 9.17) is 4.74 Å². The quantitative estimate of drug-likeness (QED) is 0.0268. The number of hydrogen-bond acceptors (Lipinski definition) is 20. The largest absolute Gasteiger partial charge is 0.505 e. The van der Waals surface area contributed by atoms with Crippen LogP contribution in [0.4, 0.5) is 51.2 Å². The average Bonchev–Trinajstić information content (AvgIpc) is 3.34. The van der Waals surface area contributed by atoms with Crippen LogP contribution in [0.3, 0.4) is 0 Å². The first-order valence-corrected chi connectivity index (χ1v) is 27.9. The molecule has 8 rings (SSSR count). The number of anilines is 1. The van der Waals surface area contributed by atoms with Crippen molar-refractivity contribution in [2.45, 2.75) is 47.3 Å². The molecule has 0 saturated carbocycles. The first-order valence-electron chi connectivity index (χ1n) is 22.1. The number of fused-ring (bicyclic) bond motifs is 2. The van der Waals surface area contributed by atoms with Gasteiger partial charge in [-0.15, -0.1) is 10.2 Å². The Labute approximate surface area is 438 Å². The third-order valence-corrected chi connectivity index (χ3v) is 14.9. The number of phenolic OH excluding ortho intramolecular Hbond substituents is 2. The van der Waals surface area contributed by atoms with E-state index in [2.05, 4.69) is 46.2 Å². The van der Waals surface area contributed by atoms with Crippen LogP contribution >= 0.6 is 0 Å². The number of nitrogens with zero attached hydrogens (tertiary/aromatic N) is 8. The highest BCUT2D eigenvalue weighted by Gasteiger charge is 2.26. The summed E-state index contributed by atoms with van der Waals surface area (Å²) >= 11 is 0. The Morgan fingerprint density at radius 3 is 1.51 bits per heavy atom. The molecular formula is C49H41N9O15S4. The highest BCUT2D eigenvalue weighted by molar-refractivity contribution is 7.87. The molecule has 0 heterocycles. The third-order valence-electron chi connectivity index (χ3n) is 11.5. The smallest absolute Gasteiger partial charge is 0.296 e. The van der Waals surface area contributed by atoms with Crippen molar-refractivity contribution in [1.82, 2.24) is 0 Å². The van der Waals surface area contributed by atoms with Gasteiger partial charge in [0.05, 0.1) is 39.0 Å². The summed E-state index contributed by atoms with van der Waals surface area (Å²) in [6, 6.07) is 28.0. The van der Waals surface area contributed by atoms with Crippen molar-refractivity contribution in [2.75, 3.05) is 12.0 Å². The minimum Gasteiger partial charge on any atom is -0.505 e. The fraction of sp³-hybridized carbons (Fsp3) is 0.102. The number of rotatable bonds is 16. The molecule has 396 valence electrons. The van der Waals surface area contributed by atoms with Gasteiger partial charge in [-0.05, 0) is 170 Å². The van der Waals surface area contributed by atoms with Crippen LogP contribution in [-0.4, -0.2) is 68.8 Å². The lowest BCUT2D eigenvalue weighted by molar-refractivity contribution is 0.323. The number of nitrogens with one attached hydrogen (secondary N) is 1. The molecule has 77 heavy (non-hydrogen) atoms. The Morgan fingerprint density at radius 1 is 0.442 bits per heavy atom. The number of hydrogen-bond donors (Lipinski definition) is 7. The Bertz CT molecular complexity index is 4340. The lowest BCUT2D eigenvalue weighted by Crippen LogP contribution is -2.08. The Hall–Kier alpha value is -8.48. The van der Waals surface area contributed by atoms with E-state index >= 15 is 0 Å². The number of aryl methyl sites for hydroxylation is 4. The van der Waals surface area contributed by atoms with Crippen LogP contribution in [0.2, 0.25) is 0 Å². The fourth-order valence-electron chi connectivity index (χ4n) is 7.56. The maximum absolute atomic E-state index is 12.6. The van der Waals surface area contributed by atoms with Crippen LogP contribution in [0, 0.1) is 27.7 Å². The molecule has 8 aromatic carbocycles. The van der Waals surface area contributed by atoms with Crippen LogP contribution < -0.4 is 10.1 Å². The van der Waals surface area contributed by atoms with Gasteiger partial charge in [0.2, 0.25) is 0 Å². The second-order valence-electron chi connectivity index (χ2n) is 17.0. The van der Waals surface area contributed by atoms with Gasteiger partial charge >= 0.3 is 0 Å². The van der Waals surface area contributed by atoms with Gasteiger partial charge in [0, 0.05) is 16.5 Å². The van der Waals surface area contributed by atoms with Crippen LogP contribution in [0.15, 0.2) is 182 Å². The zero-order valence-corrected chi connectivity index (χ0v) is 43.6. The van der Waals surface area contributed by atoms with E-state index in [1.807, 2.05) is 0 Å². The first-order chi connectivity index (χ1) is 36.1. The van der Waals surface area contributed by atoms with E-state index < -0.39 is 88.0 Å². The van der Waals surface area contributed by atoms with E-state index in [9.17, 15) is 62.1 Å². The Balaban J connectivity index is 0.959. The minimum atomic E-state index is -5.15. The number of aromatic hydroxyl groups is 2. The predicted molar refractivity (Wildman–Crippen MR) is 281 cm³/mol. The van der Waals surface area contributed by atoms with Gasteiger partial charge in [-0.25, -0.2) is 0 Å². The molecular weight excluding hydrogens is 1080 g/mol. The molecule has 0 atom stereocenters. The summed E-state index contributed by atoms with van der Waals surface area (Å²) in [5.74, 6) is -0.350. The van der Waals surface area contributed by atoms with Gasteiger partial charge in [-0.1, -0.05) is 12.1 Å². The summed E-state index contributed by atoms with van der Waals surface area (Å²) in [5.41, 5.74) is 4.07. The van der Waals surface area contributed by atoms with E-state index in [1.54, 1.807) is 88.4 Å². The SMILES string of the molecule is Cc1cc(N=Nc2cc(C)c(N=Nc3c(S(=O)(=O)O)cc4cc(NCOc5ccccc5O)ccc4c3O)cc2C)ccc1N=Nc1ccc(N=Nc2cc3c(S(=O)(=O)O)cc(S(=O)(=O)O)cc3cc2S(=O)(=O)O)c(C)c1. The minimum absolute atomic E-state index is 0.0527. The normalized spacial score (nSPS) is 12.8. The molecule has 0 aromatic heterocycles. The van der Waals surface area contributed by atoms with Crippen LogP contribution in [-0.2, 0) is 40.5 Å². The Kier molecular flexibility index (Phi) is 15.1. The second-order valence-corrected chi connectivity index (χ2v) is 22.6. The summed E-state index contributed by atoms with van der Waals surface area (Å²) in [6.07, 6.45) is 0. The van der Waals surface area contributed by atoms with E-state index in [0.717, 1.165) is 18.2 Å². The third kappa shape index (κ3) is 12.6. The molecule has 0 aliphatic heterocycles. The van der Waals surface area contributed by atoms with Gasteiger partial charge in [0.15, 0.2) is 24.0 Å². The number of azo groups is 4. The van der Waals surface area contributed by atoms with Crippen LogP contribution in [0.1, 0.15) is 22.3 Å². The monoisotopic (exact) mass is 1120 g/mol. The van der Waals surface area contributed by atoms with Crippen molar-refractivity contribution < 1.29 is 66.8 Å². The van der Waals surface area contributed by atoms with Crippen molar-refractivity contribution in [1.29, 1.82) is 0 Å². The summed E-state index contributed by atoms with van der Waals surface area (Å²) < 4.78 is 143. The molecule has 28 heteroatoms. The van der Waals surface area contributed by atoms with Crippen LogP contribution in [0.25, 0.3) is 21.5 Å². The second kappa shape index (κ2) is 21.3. The number of phenols is 2. The predicted octanol–water partition coefficient (Wildman–Crippen LogP) is 12.7.